The fourth-order valence-electron chi connectivity index (χ4n) is 2.86. The van der Waals surface area contributed by atoms with Gasteiger partial charge in [0.1, 0.15) is 5.75 Å². The Kier molecular flexibility index (Phi) is 9.14. The zero-order valence-electron chi connectivity index (χ0n) is 18.7. The van der Waals surface area contributed by atoms with Crippen molar-refractivity contribution in [3.8, 4) is 5.75 Å². The van der Waals surface area contributed by atoms with E-state index in [0.29, 0.717) is 35.2 Å². The van der Waals surface area contributed by atoms with Gasteiger partial charge in [-0.3, -0.25) is 10.1 Å². The number of carbonyl (C=O) groups excluding carboxylic acids is 2. The number of thiazole rings is 1. The van der Waals surface area contributed by atoms with Crippen molar-refractivity contribution in [1.82, 2.24) is 10.3 Å². The Balaban J connectivity index is 1.59. The summed E-state index contributed by atoms with van der Waals surface area (Å²) in [5.74, 6) is -0.0474. The molecule has 2 aromatic carbocycles. The van der Waals surface area contributed by atoms with Crippen molar-refractivity contribution in [2.75, 3.05) is 18.5 Å². The highest BCUT2D eigenvalue weighted by atomic mass is 32.1. The SMILES string of the molecule is CCCCOC(=O)c1ccc2nc(NC(=S)NC(=O)c3cccc(OCCCC)c3)sc2c1. The molecule has 0 saturated carbocycles. The number of aromatic nitrogens is 1. The van der Waals surface area contributed by atoms with Gasteiger partial charge in [-0.25, -0.2) is 9.78 Å². The van der Waals surface area contributed by atoms with E-state index >= 15 is 0 Å². The maximum atomic E-state index is 12.6. The average Bonchev–Trinajstić information content (AvgIpc) is 3.20. The van der Waals surface area contributed by atoms with Gasteiger partial charge in [0.15, 0.2) is 10.2 Å². The first-order chi connectivity index (χ1) is 16.0. The molecule has 0 aliphatic heterocycles. The van der Waals surface area contributed by atoms with Crippen LogP contribution in [0.5, 0.6) is 5.75 Å². The molecular formula is C24H27N3O4S2. The summed E-state index contributed by atoms with van der Waals surface area (Å²) in [7, 11) is 0. The molecule has 0 fully saturated rings. The molecule has 1 heterocycles. The van der Waals surface area contributed by atoms with Gasteiger partial charge >= 0.3 is 5.97 Å². The molecule has 0 aliphatic rings. The average molecular weight is 486 g/mol. The fourth-order valence-corrected chi connectivity index (χ4v) is 4.03. The number of hydrogen-bond donors (Lipinski definition) is 2. The van der Waals surface area contributed by atoms with Gasteiger partial charge in [0.2, 0.25) is 0 Å². The number of thiocarbonyl (C=S) groups is 1. The minimum Gasteiger partial charge on any atom is -0.494 e. The lowest BCUT2D eigenvalue weighted by molar-refractivity contribution is 0.0500. The molecule has 0 spiro atoms. The topological polar surface area (TPSA) is 89.5 Å². The van der Waals surface area contributed by atoms with Crippen molar-refractivity contribution >= 4 is 55.9 Å². The molecule has 3 rings (SSSR count). The van der Waals surface area contributed by atoms with E-state index in [4.69, 9.17) is 21.7 Å². The van der Waals surface area contributed by atoms with Gasteiger partial charge < -0.3 is 14.8 Å². The third kappa shape index (κ3) is 7.23. The highest BCUT2D eigenvalue weighted by Crippen LogP contribution is 2.27. The molecule has 0 atom stereocenters. The van der Waals surface area contributed by atoms with E-state index in [-0.39, 0.29) is 17.0 Å². The second-order valence-electron chi connectivity index (χ2n) is 7.33. The molecule has 0 radical (unpaired) electrons. The molecule has 9 heteroatoms. The zero-order valence-corrected chi connectivity index (χ0v) is 20.3. The minimum atomic E-state index is -0.350. The van der Waals surface area contributed by atoms with E-state index in [2.05, 4.69) is 22.5 Å². The highest BCUT2D eigenvalue weighted by molar-refractivity contribution is 7.80. The van der Waals surface area contributed by atoms with Crippen molar-refractivity contribution in [3.63, 3.8) is 0 Å². The van der Waals surface area contributed by atoms with Gasteiger partial charge in [-0.1, -0.05) is 44.1 Å². The summed E-state index contributed by atoms with van der Waals surface area (Å²) in [5, 5.41) is 6.25. The lowest BCUT2D eigenvalue weighted by Crippen LogP contribution is -2.34. The predicted octanol–water partition coefficient (Wildman–Crippen LogP) is 5.56. The van der Waals surface area contributed by atoms with Crippen LogP contribution in [0.1, 0.15) is 60.2 Å². The third-order valence-corrected chi connectivity index (χ3v) is 5.80. The smallest absolute Gasteiger partial charge is 0.338 e. The van der Waals surface area contributed by atoms with E-state index in [1.165, 1.54) is 11.3 Å². The van der Waals surface area contributed by atoms with Crippen LogP contribution in [0, 0.1) is 0 Å². The maximum Gasteiger partial charge on any atom is 0.338 e. The van der Waals surface area contributed by atoms with E-state index in [9.17, 15) is 9.59 Å². The van der Waals surface area contributed by atoms with Gasteiger partial charge in [-0.2, -0.15) is 0 Å². The van der Waals surface area contributed by atoms with Crippen LogP contribution in [0.4, 0.5) is 5.13 Å². The van der Waals surface area contributed by atoms with Crippen molar-refractivity contribution in [1.29, 1.82) is 0 Å². The Bertz CT molecular complexity index is 1130. The summed E-state index contributed by atoms with van der Waals surface area (Å²) in [4.78, 5) is 29.2. The second kappa shape index (κ2) is 12.3. The van der Waals surface area contributed by atoms with Crippen molar-refractivity contribution < 1.29 is 19.1 Å². The van der Waals surface area contributed by atoms with Crippen LogP contribution in [0.25, 0.3) is 10.2 Å². The summed E-state index contributed by atoms with van der Waals surface area (Å²) in [6.45, 7) is 5.15. The van der Waals surface area contributed by atoms with Crippen molar-refractivity contribution in [2.45, 2.75) is 39.5 Å². The maximum absolute atomic E-state index is 12.6. The first-order valence-corrected chi connectivity index (χ1v) is 12.2. The number of carbonyl (C=O) groups is 2. The number of nitrogens with zero attached hydrogens (tertiary/aromatic N) is 1. The molecule has 0 aliphatic carbocycles. The Morgan fingerprint density at radius 3 is 2.61 bits per heavy atom. The van der Waals surface area contributed by atoms with Gasteiger partial charge in [0.05, 0.1) is 29.0 Å². The molecule has 3 aromatic rings. The number of fused-ring (bicyclic) bond motifs is 1. The monoisotopic (exact) mass is 485 g/mol. The standard InChI is InChI=1S/C24H27N3O4S2/c1-3-5-12-30-18-9-7-8-16(14-18)21(28)26-23(32)27-24-25-19-11-10-17(15-20(19)33-24)22(29)31-13-6-4-2/h7-11,14-15H,3-6,12-13H2,1-2H3,(H2,25,26,27,28,32). The summed E-state index contributed by atoms with van der Waals surface area (Å²) in [5.41, 5.74) is 1.65. The Morgan fingerprint density at radius 1 is 1.03 bits per heavy atom. The normalized spacial score (nSPS) is 10.6. The largest absolute Gasteiger partial charge is 0.494 e. The predicted molar refractivity (Wildman–Crippen MR) is 135 cm³/mol. The fraction of sp³-hybridized carbons (Fsp3) is 0.333. The van der Waals surface area contributed by atoms with Crippen LogP contribution in [-0.4, -0.2) is 35.2 Å². The highest BCUT2D eigenvalue weighted by Gasteiger charge is 2.13. The summed E-state index contributed by atoms with van der Waals surface area (Å²) in [6.07, 6.45) is 3.79. The van der Waals surface area contributed by atoms with Gasteiger partial charge in [-0.05, 0) is 61.5 Å². The summed E-state index contributed by atoms with van der Waals surface area (Å²) in [6, 6.07) is 12.2. The van der Waals surface area contributed by atoms with E-state index in [1.807, 2.05) is 13.0 Å². The lowest BCUT2D eigenvalue weighted by Gasteiger charge is -2.09. The van der Waals surface area contributed by atoms with Crippen LogP contribution in [0.3, 0.4) is 0 Å². The van der Waals surface area contributed by atoms with Crippen LogP contribution >= 0.6 is 23.6 Å². The molecule has 33 heavy (non-hydrogen) atoms. The Morgan fingerprint density at radius 2 is 1.82 bits per heavy atom. The van der Waals surface area contributed by atoms with Crippen LogP contribution in [0.2, 0.25) is 0 Å². The van der Waals surface area contributed by atoms with Crippen LogP contribution in [-0.2, 0) is 4.74 Å². The summed E-state index contributed by atoms with van der Waals surface area (Å²) < 4.78 is 11.7. The molecule has 1 aromatic heterocycles. The van der Waals surface area contributed by atoms with E-state index in [1.54, 1.807) is 36.4 Å². The zero-order chi connectivity index (χ0) is 23.6. The second-order valence-corrected chi connectivity index (χ2v) is 8.77. The molecule has 0 bridgehead atoms. The molecule has 1 amide bonds. The molecule has 174 valence electrons. The number of rotatable bonds is 10. The number of benzene rings is 2. The number of esters is 1. The van der Waals surface area contributed by atoms with Crippen molar-refractivity contribution in [3.05, 3.63) is 53.6 Å². The number of nitrogens with one attached hydrogen (secondary N) is 2. The summed E-state index contributed by atoms with van der Waals surface area (Å²) >= 11 is 6.61. The number of hydrogen-bond acceptors (Lipinski definition) is 7. The Hall–Kier alpha value is -3.04. The van der Waals surface area contributed by atoms with Crippen LogP contribution < -0.4 is 15.4 Å². The van der Waals surface area contributed by atoms with Crippen molar-refractivity contribution in [2.24, 2.45) is 0 Å². The first-order valence-electron chi connectivity index (χ1n) is 10.9. The van der Waals surface area contributed by atoms with Crippen LogP contribution in [0.15, 0.2) is 42.5 Å². The Labute approximate surface area is 202 Å². The number of ether oxygens (including phenoxy) is 2. The molecule has 0 unspecified atom stereocenters. The number of unbranched alkanes of at least 4 members (excludes halogenated alkanes) is 2. The minimum absolute atomic E-state index is 0.135. The molecule has 2 N–H and O–H groups in total. The quantitative estimate of drug-likeness (QED) is 0.221. The van der Waals surface area contributed by atoms with Gasteiger partial charge in [0.25, 0.3) is 5.91 Å². The third-order valence-electron chi connectivity index (χ3n) is 4.67. The first kappa shape index (κ1) is 24.6. The lowest BCUT2D eigenvalue weighted by atomic mass is 10.2. The van der Waals surface area contributed by atoms with E-state index in [0.717, 1.165) is 35.9 Å². The number of anilines is 1. The molecule has 0 saturated heterocycles. The molecular weight excluding hydrogens is 458 g/mol. The van der Waals surface area contributed by atoms with Gasteiger partial charge in [0, 0.05) is 5.56 Å². The number of amides is 1. The van der Waals surface area contributed by atoms with E-state index < -0.39 is 0 Å². The van der Waals surface area contributed by atoms with Gasteiger partial charge in [-0.15, -0.1) is 0 Å². The molecule has 7 nitrogen and oxygen atoms in total.